The van der Waals surface area contributed by atoms with E-state index in [-0.39, 0.29) is 0 Å². The van der Waals surface area contributed by atoms with Crippen molar-refractivity contribution in [2.75, 3.05) is 26.7 Å². The molecule has 3 heteroatoms. The number of aliphatic hydroxyl groups excluding tert-OH is 1. The average molecular weight is 268 g/mol. The lowest BCUT2D eigenvalue weighted by molar-refractivity contribution is 0.106. The first-order chi connectivity index (χ1) is 9.22. The Kier molecular flexibility index (Phi) is 6.11. The van der Waals surface area contributed by atoms with Gasteiger partial charge in [-0.1, -0.05) is 25.7 Å². The fraction of sp³-hybridized carbons (Fsp3) is 1.00. The summed E-state index contributed by atoms with van der Waals surface area (Å²) in [7, 11) is 2.23. The molecule has 0 bridgehead atoms. The summed E-state index contributed by atoms with van der Waals surface area (Å²) in [6, 6.07) is 2.04. The molecule has 2 aliphatic rings. The van der Waals surface area contributed by atoms with Gasteiger partial charge in [-0.15, -0.1) is 0 Å². The minimum atomic E-state index is 0.321. The molecular weight excluding hydrogens is 236 g/mol. The number of hydrogen-bond donors (Lipinski definition) is 1. The summed E-state index contributed by atoms with van der Waals surface area (Å²) in [5.41, 5.74) is 0. The highest BCUT2D eigenvalue weighted by molar-refractivity contribution is 4.87. The van der Waals surface area contributed by atoms with E-state index in [9.17, 15) is 5.11 Å². The molecule has 3 nitrogen and oxygen atoms in total. The van der Waals surface area contributed by atoms with Crippen LogP contribution in [0.1, 0.15) is 58.3 Å². The highest BCUT2D eigenvalue weighted by atomic mass is 16.3. The second-order valence-corrected chi connectivity index (χ2v) is 6.63. The maximum atomic E-state index is 9.29. The van der Waals surface area contributed by atoms with Gasteiger partial charge in [-0.2, -0.15) is 0 Å². The number of rotatable bonds is 3. The summed E-state index contributed by atoms with van der Waals surface area (Å²) in [6.07, 6.45) is 10.7. The van der Waals surface area contributed by atoms with E-state index in [2.05, 4.69) is 23.8 Å². The zero-order chi connectivity index (χ0) is 13.7. The van der Waals surface area contributed by atoms with Crippen LogP contribution >= 0.6 is 0 Å². The molecule has 1 aliphatic heterocycles. The number of likely N-dealkylation sites (N-methyl/N-ethyl adjacent to an activating group) is 1. The van der Waals surface area contributed by atoms with Crippen LogP contribution in [0.15, 0.2) is 0 Å². The topological polar surface area (TPSA) is 26.7 Å². The lowest BCUT2D eigenvalue weighted by Gasteiger charge is -2.37. The van der Waals surface area contributed by atoms with Gasteiger partial charge in [-0.3, -0.25) is 4.90 Å². The zero-order valence-electron chi connectivity index (χ0n) is 12.9. The Morgan fingerprint density at radius 2 is 1.74 bits per heavy atom. The number of aliphatic hydroxyl groups is 1. The summed E-state index contributed by atoms with van der Waals surface area (Å²) in [5.74, 6) is 0. The number of hydrogen-bond acceptors (Lipinski definition) is 3. The van der Waals surface area contributed by atoms with Crippen LogP contribution in [0.25, 0.3) is 0 Å². The van der Waals surface area contributed by atoms with E-state index >= 15 is 0 Å². The van der Waals surface area contributed by atoms with Crippen molar-refractivity contribution >= 4 is 0 Å². The van der Waals surface area contributed by atoms with Crippen molar-refractivity contribution in [1.29, 1.82) is 0 Å². The SMILES string of the molecule is CC1CCN(C)C(CCO)CN1C1CCCCCC1. The van der Waals surface area contributed by atoms with Crippen LogP contribution in [-0.2, 0) is 0 Å². The highest BCUT2D eigenvalue weighted by Gasteiger charge is 2.30. The second kappa shape index (κ2) is 7.61. The molecule has 1 aliphatic carbocycles. The predicted octanol–water partition coefficient (Wildman–Crippen LogP) is 2.49. The van der Waals surface area contributed by atoms with Crippen LogP contribution in [0.5, 0.6) is 0 Å². The summed E-state index contributed by atoms with van der Waals surface area (Å²) in [4.78, 5) is 5.23. The molecule has 0 spiro atoms. The molecule has 0 amide bonds. The first kappa shape index (κ1) is 15.3. The molecule has 2 unspecified atom stereocenters. The zero-order valence-corrected chi connectivity index (χ0v) is 12.9. The molecule has 1 saturated carbocycles. The van der Waals surface area contributed by atoms with E-state index in [4.69, 9.17) is 0 Å². The van der Waals surface area contributed by atoms with E-state index < -0.39 is 0 Å². The standard InChI is InChI=1S/C16H32N2O/c1-14-9-11-17(2)16(10-12-19)13-18(14)15-7-5-3-4-6-8-15/h14-16,19H,3-13H2,1-2H3. The molecular formula is C16H32N2O. The molecule has 0 aromatic carbocycles. The Morgan fingerprint density at radius 1 is 1.05 bits per heavy atom. The minimum absolute atomic E-state index is 0.321. The third-order valence-electron chi connectivity index (χ3n) is 5.27. The van der Waals surface area contributed by atoms with Gasteiger partial charge in [0.05, 0.1) is 0 Å². The summed E-state index contributed by atoms with van der Waals surface area (Å²) in [5, 5.41) is 9.29. The Balaban J connectivity index is 2.02. The van der Waals surface area contributed by atoms with Gasteiger partial charge < -0.3 is 10.0 Å². The third-order valence-corrected chi connectivity index (χ3v) is 5.27. The Bertz CT molecular complexity index is 251. The summed E-state index contributed by atoms with van der Waals surface area (Å²) < 4.78 is 0. The van der Waals surface area contributed by atoms with Crippen LogP contribution in [0.2, 0.25) is 0 Å². The normalized spacial score (nSPS) is 33.0. The first-order valence-corrected chi connectivity index (χ1v) is 8.29. The number of nitrogens with zero attached hydrogens (tertiary/aromatic N) is 2. The van der Waals surface area contributed by atoms with Crippen molar-refractivity contribution in [3.8, 4) is 0 Å². The first-order valence-electron chi connectivity index (χ1n) is 8.29. The molecule has 19 heavy (non-hydrogen) atoms. The fourth-order valence-electron chi connectivity index (χ4n) is 3.86. The van der Waals surface area contributed by atoms with Crippen LogP contribution in [-0.4, -0.2) is 59.8 Å². The van der Waals surface area contributed by atoms with E-state index in [0.717, 1.165) is 19.0 Å². The Morgan fingerprint density at radius 3 is 2.37 bits per heavy atom. The Labute approximate surface area is 119 Å². The third kappa shape index (κ3) is 4.17. The van der Waals surface area contributed by atoms with Gasteiger partial charge in [0, 0.05) is 31.3 Å². The fourth-order valence-corrected chi connectivity index (χ4v) is 3.86. The largest absolute Gasteiger partial charge is 0.396 e. The molecule has 0 aromatic rings. The smallest absolute Gasteiger partial charge is 0.0446 e. The molecule has 0 aromatic heterocycles. The van der Waals surface area contributed by atoms with Gasteiger partial charge in [0.1, 0.15) is 0 Å². The molecule has 1 saturated heterocycles. The average Bonchev–Trinajstić information content (AvgIpc) is 2.74. The Hall–Kier alpha value is -0.120. The molecule has 2 fully saturated rings. The van der Waals surface area contributed by atoms with Crippen LogP contribution in [0.4, 0.5) is 0 Å². The molecule has 2 rings (SSSR count). The quantitative estimate of drug-likeness (QED) is 0.797. The van der Waals surface area contributed by atoms with Gasteiger partial charge in [0.2, 0.25) is 0 Å². The van der Waals surface area contributed by atoms with Crippen LogP contribution in [0.3, 0.4) is 0 Å². The second-order valence-electron chi connectivity index (χ2n) is 6.63. The van der Waals surface area contributed by atoms with E-state index in [1.54, 1.807) is 0 Å². The van der Waals surface area contributed by atoms with Crippen LogP contribution < -0.4 is 0 Å². The van der Waals surface area contributed by atoms with Crippen molar-refractivity contribution in [2.24, 2.45) is 0 Å². The van der Waals surface area contributed by atoms with Crippen molar-refractivity contribution in [3.63, 3.8) is 0 Å². The van der Waals surface area contributed by atoms with Gasteiger partial charge in [0.15, 0.2) is 0 Å². The van der Waals surface area contributed by atoms with Gasteiger partial charge in [-0.25, -0.2) is 0 Å². The predicted molar refractivity (Wildman–Crippen MR) is 80.4 cm³/mol. The monoisotopic (exact) mass is 268 g/mol. The van der Waals surface area contributed by atoms with Gasteiger partial charge >= 0.3 is 0 Å². The lowest BCUT2D eigenvalue weighted by atomic mass is 10.0. The maximum absolute atomic E-state index is 9.29. The molecule has 1 heterocycles. The lowest BCUT2D eigenvalue weighted by Crippen LogP contribution is -2.46. The van der Waals surface area contributed by atoms with E-state index in [0.29, 0.717) is 18.7 Å². The highest BCUT2D eigenvalue weighted by Crippen LogP contribution is 2.27. The maximum Gasteiger partial charge on any atom is 0.0446 e. The van der Waals surface area contributed by atoms with Crippen molar-refractivity contribution < 1.29 is 5.11 Å². The van der Waals surface area contributed by atoms with Crippen molar-refractivity contribution in [2.45, 2.75) is 76.4 Å². The van der Waals surface area contributed by atoms with E-state index in [1.165, 1.54) is 51.5 Å². The van der Waals surface area contributed by atoms with Crippen molar-refractivity contribution in [1.82, 2.24) is 9.80 Å². The van der Waals surface area contributed by atoms with Crippen LogP contribution in [0, 0.1) is 0 Å². The van der Waals surface area contributed by atoms with Gasteiger partial charge in [0.25, 0.3) is 0 Å². The molecule has 112 valence electrons. The van der Waals surface area contributed by atoms with Gasteiger partial charge in [-0.05, 0) is 46.2 Å². The molecule has 0 radical (unpaired) electrons. The summed E-state index contributed by atoms with van der Waals surface area (Å²) >= 11 is 0. The molecule has 1 N–H and O–H groups in total. The molecule has 2 atom stereocenters. The minimum Gasteiger partial charge on any atom is -0.396 e. The van der Waals surface area contributed by atoms with Crippen molar-refractivity contribution in [3.05, 3.63) is 0 Å². The summed E-state index contributed by atoms with van der Waals surface area (Å²) in [6.45, 7) is 5.06. The van der Waals surface area contributed by atoms with E-state index in [1.807, 2.05) is 0 Å².